The molecule has 292 valence electrons. The molecule has 0 aliphatic carbocycles. The normalized spacial score (nSPS) is 12.1. The summed E-state index contributed by atoms with van der Waals surface area (Å²) < 4.78 is 86.4. The van der Waals surface area contributed by atoms with Gasteiger partial charge in [-0.05, 0) is 90.9 Å². The van der Waals surface area contributed by atoms with Crippen LogP contribution in [-0.4, -0.2) is 43.2 Å². The Morgan fingerprint density at radius 2 is 1.11 bits per heavy atom. The summed E-state index contributed by atoms with van der Waals surface area (Å²) in [5.74, 6) is -1.76. The summed E-state index contributed by atoms with van der Waals surface area (Å²) in [4.78, 5) is 22.4. The van der Waals surface area contributed by atoms with E-state index in [0.717, 1.165) is 30.3 Å². The average Bonchev–Trinajstić information content (AvgIpc) is 3.65. The molecule has 18 heteroatoms. The standard InChI is InChI=1S/C20H15Cl2F3N2O2.C18H11Cl2F3N2O2/c1-2-29-19(28)8-7-17-15-6-4-13(20(23,24)25)9-18(15)27(26-17)11-12-3-5-14(21)10-16(12)22;19-12-3-1-10(14(20)8-12)9-25-16-7-11(18(21,22)23)2-4-13(16)15(24-25)5-6-17(26)27/h3-10H,2,11H2,1H3;1-8H,9H2,(H,26,27)/b8-7+;6-5+. The number of alkyl halides is 6. The molecule has 56 heavy (non-hydrogen) atoms. The number of halogens is 10. The quantitative estimate of drug-likeness (QED) is 0.0883. The van der Waals surface area contributed by atoms with E-state index < -0.39 is 35.4 Å². The number of rotatable bonds is 9. The van der Waals surface area contributed by atoms with E-state index in [-0.39, 0.29) is 36.4 Å². The molecule has 0 saturated carbocycles. The SMILES string of the molecule is CCOC(=O)/C=C/c1nn(Cc2ccc(Cl)cc2Cl)c2cc(C(F)(F)F)ccc12.O=C(O)/C=C/c1nn(Cc2ccc(Cl)cc2Cl)c2cc(C(F)(F)F)ccc12. The first-order valence-electron chi connectivity index (χ1n) is 16.1. The first kappa shape index (κ1) is 42.1. The Hall–Kier alpha value is -5.02. The van der Waals surface area contributed by atoms with Crippen LogP contribution in [0.4, 0.5) is 26.3 Å². The van der Waals surface area contributed by atoms with Gasteiger partial charge in [0.25, 0.3) is 0 Å². The van der Waals surface area contributed by atoms with Gasteiger partial charge in [0.05, 0.1) is 53.2 Å². The Bertz CT molecular complexity index is 2490. The second kappa shape index (κ2) is 17.4. The fraction of sp³-hybridized carbons (Fsp3) is 0.158. The summed E-state index contributed by atoms with van der Waals surface area (Å²) in [6.07, 6.45) is -4.31. The van der Waals surface area contributed by atoms with Crippen LogP contribution in [0.25, 0.3) is 34.0 Å². The fourth-order valence-electron chi connectivity index (χ4n) is 5.35. The van der Waals surface area contributed by atoms with Crippen molar-refractivity contribution < 1.29 is 45.8 Å². The molecule has 4 aromatic carbocycles. The number of carbonyl (C=O) groups is 2. The van der Waals surface area contributed by atoms with Crippen LogP contribution >= 0.6 is 46.4 Å². The summed E-state index contributed by atoms with van der Waals surface area (Å²) in [5.41, 5.74) is 0.671. The van der Waals surface area contributed by atoms with Gasteiger partial charge in [-0.1, -0.05) is 58.5 Å². The molecule has 0 saturated heterocycles. The van der Waals surface area contributed by atoms with Gasteiger partial charge in [-0.3, -0.25) is 9.36 Å². The van der Waals surface area contributed by atoms with Gasteiger partial charge in [0.2, 0.25) is 0 Å². The van der Waals surface area contributed by atoms with E-state index in [1.165, 1.54) is 45.8 Å². The first-order chi connectivity index (χ1) is 26.3. The third-order valence-electron chi connectivity index (χ3n) is 7.93. The number of aliphatic carboxylic acids is 1. The Kier molecular flexibility index (Phi) is 13.1. The number of hydrogen-bond donors (Lipinski definition) is 1. The Labute approximate surface area is 334 Å². The predicted octanol–water partition coefficient (Wildman–Crippen LogP) is 11.5. The smallest absolute Gasteiger partial charge is 0.416 e. The van der Waals surface area contributed by atoms with Crippen molar-refractivity contribution in [2.45, 2.75) is 32.4 Å². The van der Waals surface area contributed by atoms with E-state index in [0.29, 0.717) is 47.7 Å². The monoisotopic (exact) mass is 856 g/mol. The van der Waals surface area contributed by atoms with E-state index in [2.05, 4.69) is 10.2 Å². The number of carbonyl (C=O) groups excluding carboxylic acids is 1. The number of esters is 1. The second-order valence-corrected chi connectivity index (χ2v) is 13.5. The molecule has 2 aromatic heterocycles. The first-order valence-corrected chi connectivity index (χ1v) is 17.6. The van der Waals surface area contributed by atoms with Gasteiger partial charge in [-0.25, -0.2) is 9.59 Å². The van der Waals surface area contributed by atoms with E-state index in [9.17, 15) is 35.9 Å². The van der Waals surface area contributed by atoms with Crippen molar-refractivity contribution in [2.75, 3.05) is 6.61 Å². The highest BCUT2D eigenvalue weighted by Gasteiger charge is 2.32. The maximum atomic E-state index is 13.2. The molecule has 6 aromatic rings. The Balaban J connectivity index is 0.000000215. The zero-order valence-corrected chi connectivity index (χ0v) is 31.6. The van der Waals surface area contributed by atoms with Crippen LogP contribution in [0.2, 0.25) is 20.1 Å². The second-order valence-electron chi connectivity index (χ2n) is 11.8. The molecule has 0 spiro atoms. The highest BCUT2D eigenvalue weighted by atomic mass is 35.5. The topological polar surface area (TPSA) is 99.2 Å². The minimum absolute atomic E-state index is 0.0920. The summed E-state index contributed by atoms with van der Waals surface area (Å²) in [5, 5.41) is 19.9. The Morgan fingerprint density at radius 1 is 0.679 bits per heavy atom. The zero-order valence-electron chi connectivity index (χ0n) is 28.6. The molecule has 0 unspecified atom stereocenters. The maximum absolute atomic E-state index is 13.2. The molecule has 1 N–H and O–H groups in total. The van der Waals surface area contributed by atoms with Crippen molar-refractivity contribution in [3.63, 3.8) is 0 Å². The van der Waals surface area contributed by atoms with Crippen LogP contribution in [0.15, 0.2) is 84.9 Å². The molecule has 0 atom stereocenters. The molecular formula is C38H26Cl4F6N4O4. The molecule has 2 heterocycles. The number of benzene rings is 4. The van der Waals surface area contributed by atoms with E-state index in [1.54, 1.807) is 37.3 Å². The van der Waals surface area contributed by atoms with Crippen molar-refractivity contribution in [1.29, 1.82) is 0 Å². The number of hydrogen-bond acceptors (Lipinski definition) is 5. The van der Waals surface area contributed by atoms with Gasteiger partial charge in [-0.2, -0.15) is 36.5 Å². The third-order valence-corrected chi connectivity index (χ3v) is 9.11. The predicted molar refractivity (Wildman–Crippen MR) is 203 cm³/mol. The maximum Gasteiger partial charge on any atom is 0.416 e. The lowest BCUT2D eigenvalue weighted by atomic mass is 10.1. The van der Waals surface area contributed by atoms with Crippen LogP contribution < -0.4 is 0 Å². The Morgan fingerprint density at radius 3 is 1.48 bits per heavy atom. The lowest BCUT2D eigenvalue weighted by Crippen LogP contribution is -2.06. The van der Waals surface area contributed by atoms with Gasteiger partial charge >= 0.3 is 24.3 Å². The largest absolute Gasteiger partial charge is 0.478 e. The van der Waals surface area contributed by atoms with Gasteiger partial charge < -0.3 is 9.84 Å². The molecule has 0 amide bonds. The lowest BCUT2D eigenvalue weighted by Gasteiger charge is -2.09. The molecule has 0 fully saturated rings. The van der Waals surface area contributed by atoms with Crippen LogP contribution in [0.3, 0.4) is 0 Å². The molecule has 0 aliphatic heterocycles. The van der Waals surface area contributed by atoms with Gasteiger partial charge in [0.1, 0.15) is 0 Å². The number of aromatic nitrogens is 4. The average molecular weight is 858 g/mol. The third kappa shape index (κ3) is 10.4. The van der Waals surface area contributed by atoms with Crippen molar-refractivity contribution in [3.8, 4) is 0 Å². The minimum Gasteiger partial charge on any atom is -0.478 e. The highest BCUT2D eigenvalue weighted by molar-refractivity contribution is 6.35. The van der Waals surface area contributed by atoms with Crippen molar-refractivity contribution in [2.24, 2.45) is 0 Å². The van der Waals surface area contributed by atoms with Crippen LogP contribution in [-0.2, 0) is 39.8 Å². The number of ether oxygens (including phenoxy) is 1. The zero-order chi connectivity index (χ0) is 40.9. The van der Waals surface area contributed by atoms with Gasteiger partial charge in [-0.15, -0.1) is 0 Å². The summed E-state index contributed by atoms with van der Waals surface area (Å²) in [6, 6.07) is 16.2. The van der Waals surface area contributed by atoms with E-state index in [4.69, 9.17) is 56.2 Å². The number of fused-ring (bicyclic) bond motifs is 2. The van der Waals surface area contributed by atoms with Gasteiger partial charge in [0, 0.05) is 43.0 Å². The molecule has 6 rings (SSSR count). The van der Waals surface area contributed by atoms with E-state index >= 15 is 0 Å². The van der Waals surface area contributed by atoms with Crippen molar-refractivity contribution >= 4 is 92.3 Å². The molecule has 0 radical (unpaired) electrons. The summed E-state index contributed by atoms with van der Waals surface area (Å²) in [7, 11) is 0. The summed E-state index contributed by atoms with van der Waals surface area (Å²) >= 11 is 24.1. The van der Waals surface area contributed by atoms with E-state index in [1.807, 2.05) is 0 Å². The van der Waals surface area contributed by atoms with Crippen molar-refractivity contribution in [1.82, 2.24) is 19.6 Å². The molecule has 8 nitrogen and oxygen atoms in total. The number of carboxylic acid groups (broad SMARTS) is 1. The van der Waals surface area contributed by atoms with Crippen LogP contribution in [0.5, 0.6) is 0 Å². The molecule has 0 bridgehead atoms. The molecular weight excluding hydrogens is 832 g/mol. The van der Waals surface area contributed by atoms with Gasteiger partial charge in [0.15, 0.2) is 0 Å². The summed E-state index contributed by atoms with van der Waals surface area (Å²) in [6.45, 7) is 2.10. The highest BCUT2D eigenvalue weighted by Crippen LogP contribution is 2.35. The molecule has 0 aliphatic rings. The fourth-order valence-corrected chi connectivity index (χ4v) is 6.29. The lowest BCUT2D eigenvalue weighted by molar-refractivity contribution is -0.138. The van der Waals surface area contributed by atoms with Crippen LogP contribution in [0, 0.1) is 0 Å². The van der Waals surface area contributed by atoms with Crippen LogP contribution in [0.1, 0.15) is 40.6 Å². The van der Waals surface area contributed by atoms with Crippen molar-refractivity contribution in [3.05, 3.63) is 139 Å². The minimum atomic E-state index is -4.52. The number of nitrogens with zero attached hydrogens (tertiary/aromatic N) is 4. The number of carboxylic acids is 1.